The molecular weight excluding hydrogens is 233 g/mol. The minimum atomic E-state index is -0.739. The fourth-order valence-electron chi connectivity index (χ4n) is 2.32. The SMILES string of the molecule is CC(C)(O)CN1CCOC(c2ccccc2F)C1. The van der Waals surface area contributed by atoms with E-state index in [2.05, 4.69) is 4.90 Å². The third-order valence-electron chi connectivity index (χ3n) is 3.01. The zero-order valence-electron chi connectivity index (χ0n) is 10.9. The van der Waals surface area contributed by atoms with E-state index in [0.717, 1.165) is 6.54 Å². The maximum Gasteiger partial charge on any atom is 0.129 e. The van der Waals surface area contributed by atoms with Crippen LogP contribution in [-0.2, 0) is 4.74 Å². The number of nitrogens with zero attached hydrogens (tertiary/aromatic N) is 1. The molecule has 0 aromatic heterocycles. The van der Waals surface area contributed by atoms with Crippen LogP contribution in [0.5, 0.6) is 0 Å². The van der Waals surface area contributed by atoms with Crippen LogP contribution in [0.1, 0.15) is 25.5 Å². The van der Waals surface area contributed by atoms with E-state index in [-0.39, 0.29) is 11.9 Å². The second-order valence-corrected chi connectivity index (χ2v) is 5.43. The summed E-state index contributed by atoms with van der Waals surface area (Å²) in [6, 6.07) is 6.70. The van der Waals surface area contributed by atoms with Gasteiger partial charge in [-0.15, -0.1) is 0 Å². The summed E-state index contributed by atoms with van der Waals surface area (Å²) in [6.07, 6.45) is -0.248. The molecule has 0 aliphatic carbocycles. The highest BCUT2D eigenvalue weighted by Crippen LogP contribution is 2.25. The molecule has 1 aliphatic rings. The van der Waals surface area contributed by atoms with Gasteiger partial charge in [-0.25, -0.2) is 4.39 Å². The van der Waals surface area contributed by atoms with Gasteiger partial charge in [0, 0.05) is 25.2 Å². The van der Waals surface area contributed by atoms with Crippen molar-refractivity contribution in [2.75, 3.05) is 26.2 Å². The van der Waals surface area contributed by atoms with E-state index in [9.17, 15) is 9.50 Å². The number of hydrogen-bond donors (Lipinski definition) is 1. The molecule has 0 bridgehead atoms. The van der Waals surface area contributed by atoms with Gasteiger partial charge in [0.2, 0.25) is 0 Å². The predicted octanol–water partition coefficient (Wildman–Crippen LogP) is 1.97. The average Bonchev–Trinajstić information content (AvgIpc) is 2.27. The molecule has 1 atom stereocenters. The van der Waals surface area contributed by atoms with Crippen molar-refractivity contribution in [3.8, 4) is 0 Å². The van der Waals surface area contributed by atoms with Gasteiger partial charge in [0.1, 0.15) is 5.82 Å². The Hall–Kier alpha value is -0.970. The first-order valence-electron chi connectivity index (χ1n) is 6.26. The smallest absolute Gasteiger partial charge is 0.129 e. The minimum Gasteiger partial charge on any atom is -0.389 e. The molecule has 1 saturated heterocycles. The number of halogens is 1. The number of hydrogen-bond acceptors (Lipinski definition) is 3. The molecule has 1 fully saturated rings. The van der Waals surface area contributed by atoms with Gasteiger partial charge in [-0.2, -0.15) is 0 Å². The van der Waals surface area contributed by atoms with Crippen LogP contribution in [0.25, 0.3) is 0 Å². The average molecular weight is 253 g/mol. The van der Waals surface area contributed by atoms with Gasteiger partial charge in [-0.05, 0) is 19.9 Å². The summed E-state index contributed by atoms with van der Waals surface area (Å²) >= 11 is 0. The van der Waals surface area contributed by atoms with Crippen molar-refractivity contribution >= 4 is 0 Å². The number of benzene rings is 1. The van der Waals surface area contributed by atoms with Gasteiger partial charge in [0.25, 0.3) is 0 Å². The summed E-state index contributed by atoms with van der Waals surface area (Å²) in [5.41, 5.74) is -0.144. The first-order chi connectivity index (χ1) is 8.46. The molecule has 100 valence electrons. The van der Waals surface area contributed by atoms with Crippen molar-refractivity contribution in [3.63, 3.8) is 0 Å². The molecule has 4 heteroatoms. The Morgan fingerprint density at radius 3 is 2.83 bits per heavy atom. The maximum atomic E-state index is 13.7. The van der Waals surface area contributed by atoms with E-state index in [0.29, 0.717) is 25.3 Å². The second kappa shape index (κ2) is 5.34. The molecule has 0 spiro atoms. The summed E-state index contributed by atoms with van der Waals surface area (Å²) in [6.45, 7) is 6.08. The monoisotopic (exact) mass is 253 g/mol. The molecule has 1 heterocycles. The van der Waals surface area contributed by atoms with Crippen LogP contribution in [0.3, 0.4) is 0 Å². The first kappa shape index (κ1) is 13.5. The quantitative estimate of drug-likeness (QED) is 0.894. The molecule has 18 heavy (non-hydrogen) atoms. The minimum absolute atomic E-state index is 0.229. The van der Waals surface area contributed by atoms with Crippen LogP contribution in [0.4, 0.5) is 4.39 Å². The maximum absolute atomic E-state index is 13.7. The van der Waals surface area contributed by atoms with Crippen molar-refractivity contribution in [2.45, 2.75) is 25.6 Å². The van der Waals surface area contributed by atoms with Crippen molar-refractivity contribution < 1.29 is 14.2 Å². The number of morpholine rings is 1. The number of rotatable bonds is 3. The van der Waals surface area contributed by atoms with Gasteiger partial charge >= 0.3 is 0 Å². The lowest BCUT2D eigenvalue weighted by Crippen LogP contribution is -2.45. The number of β-amino-alcohol motifs (C(OH)–C–C–N with tert-alkyl or cyclic N) is 1. The number of aliphatic hydroxyl groups is 1. The predicted molar refractivity (Wildman–Crippen MR) is 67.8 cm³/mol. The Balaban J connectivity index is 2.05. The van der Waals surface area contributed by atoms with Gasteiger partial charge in [0.15, 0.2) is 0 Å². The summed E-state index contributed by atoms with van der Waals surface area (Å²) in [4.78, 5) is 2.11. The Kier molecular flexibility index (Phi) is 4.00. The molecule has 1 aromatic carbocycles. The normalized spacial score (nSPS) is 22.1. The van der Waals surface area contributed by atoms with Crippen molar-refractivity contribution in [1.82, 2.24) is 4.90 Å². The third-order valence-corrected chi connectivity index (χ3v) is 3.01. The van der Waals surface area contributed by atoms with Crippen molar-refractivity contribution in [3.05, 3.63) is 35.6 Å². The lowest BCUT2D eigenvalue weighted by Gasteiger charge is -2.36. The van der Waals surface area contributed by atoms with Crippen LogP contribution in [0.2, 0.25) is 0 Å². The van der Waals surface area contributed by atoms with E-state index in [1.54, 1.807) is 26.0 Å². The van der Waals surface area contributed by atoms with Crippen LogP contribution in [-0.4, -0.2) is 41.8 Å². The Bertz CT molecular complexity index is 403. The molecule has 1 aliphatic heterocycles. The molecule has 3 nitrogen and oxygen atoms in total. The highest BCUT2D eigenvalue weighted by molar-refractivity contribution is 5.20. The molecular formula is C14H20FNO2. The van der Waals surface area contributed by atoms with E-state index >= 15 is 0 Å². The highest BCUT2D eigenvalue weighted by atomic mass is 19.1. The van der Waals surface area contributed by atoms with Gasteiger partial charge < -0.3 is 9.84 Å². The lowest BCUT2D eigenvalue weighted by molar-refractivity contribution is -0.0574. The lowest BCUT2D eigenvalue weighted by atomic mass is 10.0. The highest BCUT2D eigenvalue weighted by Gasteiger charge is 2.27. The summed E-state index contributed by atoms with van der Waals surface area (Å²) < 4.78 is 19.3. The van der Waals surface area contributed by atoms with Crippen LogP contribution in [0.15, 0.2) is 24.3 Å². The van der Waals surface area contributed by atoms with Crippen LogP contribution < -0.4 is 0 Å². The van der Waals surface area contributed by atoms with Gasteiger partial charge in [-0.1, -0.05) is 18.2 Å². The second-order valence-electron chi connectivity index (χ2n) is 5.43. The summed E-state index contributed by atoms with van der Waals surface area (Å²) in [5, 5.41) is 9.82. The van der Waals surface area contributed by atoms with Gasteiger partial charge in [-0.3, -0.25) is 4.90 Å². The van der Waals surface area contributed by atoms with Crippen LogP contribution >= 0.6 is 0 Å². The molecule has 0 radical (unpaired) electrons. The standard InChI is InChI=1S/C14H20FNO2/c1-14(2,17)10-16-7-8-18-13(9-16)11-5-3-4-6-12(11)15/h3-6,13,17H,7-10H2,1-2H3. The molecule has 1 unspecified atom stereocenters. The molecule has 2 rings (SSSR count). The Labute approximate surface area is 107 Å². The van der Waals surface area contributed by atoms with E-state index in [4.69, 9.17) is 4.74 Å². The van der Waals surface area contributed by atoms with Crippen molar-refractivity contribution in [2.24, 2.45) is 0 Å². The van der Waals surface area contributed by atoms with E-state index in [1.807, 2.05) is 6.07 Å². The third kappa shape index (κ3) is 3.51. The molecule has 0 saturated carbocycles. The summed E-state index contributed by atoms with van der Waals surface area (Å²) in [7, 11) is 0. The van der Waals surface area contributed by atoms with Crippen LogP contribution in [0, 0.1) is 5.82 Å². The van der Waals surface area contributed by atoms with E-state index in [1.165, 1.54) is 6.07 Å². The summed E-state index contributed by atoms with van der Waals surface area (Å²) in [5.74, 6) is -0.229. The van der Waals surface area contributed by atoms with E-state index < -0.39 is 5.60 Å². The molecule has 1 N–H and O–H groups in total. The Morgan fingerprint density at radius 1 is 1.44 bits per heavy atom. The molecule has 0 amide bonds. The molecule has 1 aromatic rings. The fourth-order valence-corrected chi connectivity index (χ4v) is 2.32. The Morgan fingerprint density at radius 2 is 2.17 bits per heavy atom. The van der Waals surface area contributed by atoms with Crippen molar-refractivity contribution in [1.29, 1.82) is 0 Å². The first-order valence-corrected chi connectivity index (χ1v) is 6.26. The van der Waals surface area contributed by atoms with Gasteiger partial charge in [0.05, 0.1) is 18.3 Å². The number of ether oxygens (including phenoxy) is 1. The fraction of sp³-hybridized carbons (Fsp3) is 0.571. The largest absolute Gasteiger partial charge is 0.389 e. The zero-order valence-corrected chi connectivity index (χ0v) is 10.9. The zero-order chi connectivity index (χ0) is 13.2. The topological polar surface area (TPSA) is 32.7 Å².